The molecule has 0 aliphatic rings. The molecule has 0 atom stereocenters. The molecule has 104 valence electrons. The molecule has 19 heavy (non-hydrogen) atoms. The molecule has 0 bridgehead atoms. The van der Waals surface area contributed by atoms with Crippen LogP contribution in [0.4, 0.5) is 5.13 Å². The second-order valence-corrected chi connectivity index (χ2v) is 6.41. The summed E-state index contributed by atoms with van der Waals surface area (Å²) in [6, 6.07) is 0. The summed E-state index contributed by atoms with van der Waals surface area (Å²) >= 11 is 3.32. The average molecular weight is 298 g/mol. The number of aryl methyl sites for hydroxylation is 1. The third kappa shape index (κ3) is 3.65. The van der Waals surface area contributed by atoms with Crippen LogP contribution in [0.5, 0.6) is 5.88 Å². The van der Waals surface area contributed by atoms with Crippen LogP contribution in [0.3, 0.4) is 0 Å². The Bertz CT molecular complexity index is 536. The third-order valence-corrected chi connectivity index (χ3v) is 4.51. The molecule has 0 amide bonds. The quantitative estimate of drug-likeness (QED) is 0.886. The lowest BCUT2D eigenvalue weighted by Crippen LogP contribution is -2.12. The topological polar surface area (TPSA) is 50.3 Å². The molecule has 0 unspecified atom stereocenters. The van der Waals surface area contributed by atoms with Crippen LogP contribution in [0.1, 0.15) is 15.6 Å². The summed E-state index contributed by atoms with van der Waals surface area (Å²) in [7, 11) is 5.61. The van der Waals surface area contributed by atoms with Gasteiger partial charge in [0.05, 0.1) is 22.7 Å². The van der Waals surface area contributed by atoms with Gasteiger partial charge < -0.3 is 15.0 Å². The Kier molecular flexibility index (Phi) is 4.73. The molecule has 2 aromatic rings. The second kappa shape index (κ2) is 6.31. The van der Waals surface area contributed by atoms with Crippen LogP contribution in [0.15, 0.2) is 5.38 Å². The standard InChI is InChI=1S/C12H18N4OS2/c1-8-14-9(7-18-8)5-13-6-10-11(17-4)15-12(19-10)16(2)3/h7,13H,5-6H2,1-4H3. The third-order valence-electron chi connectivity index (χ3n) is 2.48. The molecule has 0 fully saturated rings. The Balaban J connectivity index is 1.95. The van der Waals surface area contributed by atoms with E-state index in [1.54, 1.807) is 29.8 Å². The molecule has 0 aromatic carbocycles. The van der Waals surface area contributed by atoms with Gasteiger partial charge in [0, 0.05) is 32.6 Å². The minimum atomic E-state index is 0.704. The number of hydrogen-bond donors (Lipinski definition) is 1. The second-order valence-electron chi connectivity index (χ2n) is 4.28. The summed E-state index contributed by atoms with van der Waals surface area (Å²) in [4.78, 5) is 11.9. The van der Waals surface area contributed by atoms with Crippen LogP contribution in [-0.4, -0.2) is 31.2 Å². The van der Waals surface area contributed by atoms with E-state index in [2.05, 4.69) is 20.7 Å². The van der Waals surface area contributed by atoms with E-state index >= 15 is 0 Å². The average Bonchev–Trinajstić information content (AvgIpc) is 2.96. The summed E-state index contributed by atoms with van der Waals surface area (Å²) < 4.78 is 5.30. The number of thiazole rings is 2. The van der Waals surface area contributed by atoms with E-state index in [4.69, 9.17) is 4.74 Å². The molecule has 1 N–H and O–H groups in total. The van der Waals surface area contributed by atoms with Crippen LogP contribution in [-0.2, 0) is 13.1 Å². The number of ether oxygens (including phenoxy) is 1. The molecule has 2 heterocycles. The Labute approximate surface area is 121 Å². The molecule has 7 heteroatoms. The summed E-state index contributed by atoms with van der Waals surface area (Å²) in [5.41, 5.74) is 1.08. The molecule has 0 aliphatic carbocycles. The molecule has 0 saturated carbocycles. The van der Waals surface area contributed by atoms with Crippen molar-refractivity contribution in [2.75, 3.05) is 26.1 Å². The molecule has 0 spiro atoms. The zero-order chi connectivity index (χ0) is 13.8. The molecule has 0 radical (unpaired) electrons. The first-order valence-corrected chi connectivity index (χ1v) is 7.62. The van der Waals surface area contributed by atoms with Gasteiger partial charge in [-0.15, -0.1) is 11.3 Å². The van der Waals surface area contributed by atoms with E-state index in [0.717, 1.165) is 33.8 Å². The van der Waals surface area contributed by atoms with Gasteiger partial charge in [-0.05, 0) is 6.92 Å². The van der Waals surface area contributed by atoms with Gasteiger partial charge in [-0.1, -0.05) is 11.3 Å². The zero-order valence-corrected chi connectivity index (χ0v) is 13.2. The molecule has 5 nitrogen and oxygen atoms in total. The van der Waals surface area contributed by atoms with Crippen molar-refractivity contribution in [3.8, 4) is 5.88 Å². The van der Waals surface area contributed by atoms with Crippen molar-refractivity contribution < 1.29 is 4.74 Å². The first-order valence-electron chi connectivity index (χ1n) is 5.93. The number of nitrogens with zero attached hydrogens (tertiary/aromatic N) is 3. The summed E-state index contributed by atoms with van der Waals surface area (Å²) in [5.74, 6) is 0.704. The van der Waals surface area contributed by atoms with Gasteiger partial charge in [-0.2, -0.15) is 4.98 Å². The van der Waals surface area contributed by atoms with Crippen LogP contribution in [0.25, 0.3) is 0 Å². The Hall–Kier alpha value is -1.18. The predicted octanol–water partition coefficient (Wildman–Crippen LogP) is 2.27. The lowest BCUT2D eigenvalue weighted by molar-refractivity contribution is 0.394. The van der Waals surface area contributed by atoms with Crippen molar-refractivity contribution >= 4 is 27.8 Å². The van der Waals surface area contributed by atoms with E-state index in [1.807, 2.05) is 25.9 Å². The van der Waals surface area contributed by atoms with Gasteiger partial charge in [0.2, 0.25) is 5.88 Å². The van der Waals surface area contributed by atoms with Crippen LogP contribution in [0.2, 0.25) is 0 Å². The van der Waals surface area contributed by atoms with E-state index in [1.165, 1.54) is 0 Å². The van der Waals surface area contributed by atoms with Crippen molar-refractivity contribution in [1.29, 1.82) is 0 Å². The highest BCUT2D eigenvalue weighted by atomic mass is 32.1. The van der Waals surface area contributed by atoms with E-state index in [0.29, 0.717) is 5.88 Å². The highest BCUT2D eigenvalue weighted by Crippen LogP contribution is 2.30. The summed E-state index contributed by atoms with van der Waals surface area (Å²) in [6.07, 6.45) is 0. The van der Waals surface area contributed by atoms with Crippen molar-refractivity contribution in [2.45, 2.75) is 20.0 Å². The summed E-state index contributed by atoms with van der Waals surface area (Å²) in [6.45, 7) is 3.53. The molecular formula is C12H18N4OS2. The Morgan fingerprint density at radius 1 is 1.32 bits per heavy atom. The maximum absolute atomic E-state index is 5.30. The van der Waals surface area contributed by atoms with Crippen molar-refractivity contribution in [3.05, 3.63) is 21.0 Å². The van der Waals surface area contributed by atoms with E-state index in [-0.39, 0.29) is 0 Å². The minimum absolute atomic E-state index is 0.704. The van der Waals surface area contributed by atoms with Gasteiger partial charge in [0.25, 0.3) is 0 Å². The Morgan fingerprint density at radius 2 is 2.11 bits per heavy atom. The number of anilines is 1. The normalized spacial score (nSPS) is 10.7. The zero-order valence-electron chi connectivity index (χ0n) is 11.6. The number of rotatable bonds is 6. The smallest absolute Gasteiger partial charge is 0.230 e. The number of methoxy groups -OCH3 is 1. The van der Waals surface area contributed by atoms with Gasteiger partial charge >= 0.3 is 0 Å². The number of hydrogen-bond acceptors (Lipinski definition) is 7. The number of aromatic nitrogens is 2. The molecule has 0 saturated heterocycles. The molecule has 0 aliphatic heterocycles. The highest BCUT2D eigenvalue weighted by molar-refractivity contribution is 7.15. The molecule has 2 aromatic heterocycles. The highest BCUT2D eigenvalue weighted by Gasteiger charge is 2.12. The lowest BCUT2D eigenvalue weighted by Gasteiger charge is -2.04. The predicted molar refractivity (Wildman–Crippen MR) is 80.4 cm³/mol. The Morgan fingerprint density at radius 3 is 2.68 bits per heavy atom. The fourth-order valence-electron chi connectivity index (χ4n) is 1.58. The number of nitrogens with one attached hydrogen (secondary N) is 1. The van der Waals surface area contributed by atoms with Gasteiger partial charge in [-0.3, -0.25) is 0 Å². The largest absolute Gasteiger partial charge is 0.480 e. The van der Waals surface area contributed by atoms with Crippen molar-refractivity contribution in [1.82, 2.24) is 15.3 Å². The molecular weight excluding hydrogens is 280 g/mol. The van der Waals surface area contributed by atoms with Crippen molar-refractivity contribution in [3.63, 3.8) is 0 Å². The maximum Gasteiger partial charge on any atom is 0.230 e. The van der Waals surface area contributed by atoms with Crippen molar-refractivity contribution in [2.24, 2.45) is 0 Å². The van der Waals surface area contributed by atoms with Gasteiger partial charge in [0.15, 0.2) is 5.13 Å². The fraction of sp³-hybridized carbons (Fsp3) is 0.500. The van der Waals surface area contributed by atoms with Crippen LogP contribution in [0, 0.1) is 6.92 Å². The maximum atomic E-state index is 5.30. The summed E-state index contributed by atoms with van der Waals surface area (Å²) in [5, 5.41) is 7.51. The SMILES string of the molecule is COc1nc(N(C)C)sc1CNCc1csc(C)n1. The van der Waals surface area contributed by atoms with E-state index < -0.39 is 0 Å². The van der Waals surface area contributed by atoms with Gasteiger partial charge in [0.1, 0.15) is 0 Å². The first-order chi connectivity index (χ1) is 9.10. The lowest BCUT2D eigenvalue weighted by atomic mass is 10.4. The van der Waals surface area contributed by atoms with E-state index in [9.17, 15) is 0 Å². The first kappa shape index (κ1) is 14.2. The van der Waals surface area contributed by atoms with Crippen LogP contribution >= 0.6 is 22.7 Å². The minimum Gasteiger partial charge on any atom is -0.480 e. The van der Waals surface area contributed by atoms with Crippen LogP contribution < -0.4 is 15.0 Å². The monoisotopic (exact) mass is 298 g/mol. The fourth-order valence-corrected chi connectivity index (χ4v) is 3.12. The molecule has 2 rings (SSSR count). The van der Waals surface area contributed by atoms with Gasteiger partial charge in [-0.25, -0.2) is 4.98 Å².